The molecule has 1 atom stereocenters. The molecule has 1 amide bonds. The Bertz CT molecular complexity index is 5730. The zero-order chi connectivity index (χ0) is 95.2. The number of anilines is 1. The number of benzene rings is 6. The van der Waals surface area contributed by atoms with Gasteiger partial charge in [-0.25, -0.2) is 19.9 Å². The molecule has 5 N–H and O–H groups in total. The number of aromatic hydroxyl groups is 3. The number of thiocarbonyl (C=S) groups is 1. The molecule has 23 nitrogen and oxygen atoms in total. The van der Waals surface area contributed by atoms with Crippen molar-refractivity contribution < 1.29 is 66.2 Å². The largest absolute Gasteiger partial charge is 0.508 e. The Morgan fingerprint density at radius 2 is 0.794 bits per heavy atom. The monoisotopic (exact) mass is 2020 g/mol. The minimum absolute atomic E-state index is 0.0336. The summed E-state index contributed by atoms with van der Waals surface area (Å²) in [6.07, 6.45) is 36.5. The quantitative estimate of drug-likeness (QED) is 0.0321. The lowest BCUT2D eigenvalue weighted by molar-refractivity contribution is -0.130. The molecule has 6 aromatic carbocycles. The highest BCUT2D eigenvalue weighted by Gasteiger charge is 2.40. The molecule has 8 aliphatic carbocycles. The van der Waals surface area contributed by atoms with E-state index in [2.05, 4.69) is 89.1 Å². The van der Waals surface area contributed by atoms with E-state index in [0.717, 1.165) is 162 Å². The number of thiazole rings is 4. The van der Waals surface area contributed by atoms with Gasteiger partial charge in [0, 0.05) is 137 Å². The molecule has 8 fully saturated rings. The fourth-order valence-corrected chi connectivity index (χ4v) is 25.0. The maximum absolute atomic E-state index is 12.2. The summed E-state index contributed by atoms with van der Waals surface area (Å²) in [5.74, 6) is 4.30. The molecule has 10 aromatic rings. The zero-order valence-electron chi connectivity index (χ0n) is 77.9. The van der Waals surface area contributed by atoms with Crippen LogP contribution in [0.3, 0.4) is 0 Å². The van der Waals surface area contributed by atoms with Gasteiger partial charge in [-0.15, -0.1) is 45.3 Å². The van der Waals surface area contributed by atoms with Crippen LogP contribution in [0, 0.1) is 6.92 Å². The minimum atomic E-state index is -3.61. The molecular weight excluding hydrogens is 1900 g/mol. The molecule has 722 valence electrons. The second-order valence-electron chi connectivity index (χ2n) is 37.3. The number of nitrogens with zero attached hydrogens (tertiary/aromatic N) is 8. The molecule has 0 bridgehead atoms. The lowest BCUT2D eigenvalue weighted by Crippen LogP contribution is -2.50. The Morgan fingerprint density at radius 3 is 1.21 bits per heavy atom. The lowest BCUT2D eigenvalue weighted by Gasteiger charge is -2.44. The third-order valence-electron chi connectivity index (χ3n) is 27.0. The number of Topliss-reactive ketones (excluding diaryl/α,β-unsaturated/α-hetero) is 5. The van der Waals surface area contributed by atoms with Crippen LogP contribution in [0.25, 0.3) is 42.3 Å². The normalized spacial score (nSPS) is 21.9. The molecule has 136 heavy (non-hydrogen) atoms. The lowest BCUT2D eigenvalue weighted by atomic mass is 9.86. The van der Waals surface area contributed by atoms with Gasteiger partial charge >= 0.3 is 0 Å². The smallest absolute Gasteiger partial charge is 0.297 e. The predicted molar refractivity (Wildman–Crippen MR) is 547 cm³/mol. The van der Waals surface area contributed by atoms with Gasteiger partial charge in [0.25, 0.3) is 10.1 Å². The van der Waals surface area contributed by atoms with Crippen molar-refractivity contribution in [3.05, 3.63) is 193 Å². The summed E-state index contributed by atoms with van der Waals surface area (Å²) >= 11 is 14.9. The number of aryl methyl sites for hydroxylation is 7. The number of piperidine rings is 3. The number of ether oxygens (including phenoxy) is 2. The van der Waals surface area contributed by atoms with Crippen LogP contribution in [0.1, 0.15) is 234 Å². The van der Waals surface area contributed by atoms with Crippen LogP contribution >= 0.6 is 73.5 Å². The van der Waals surface area contributed by atoms with Gasteiger partial charge in [0.05, 0.1) is 45.8 Å². The van der Waals surface area contributed by atoms with Crippen LogP contribution in [0.15, 0.2) is 150 Å². The molecule has 12 aliphatic rings. The number of carbonyl (C=O) groups is 6. The molecule has 22 rings (SSSR count). The van der Waals surface area contributed by atoms with Crippen molar-refractivity contribution in [3.63, 3.8) is 0 Å². The van der Waals surface area contributed by atoms with Gasteiger partial charge in [-0.3, -0.25) is 37.9 Å². The number of ketones is 5. The van der Waals surface area contributed by atoms with E-state index in [1.165, 1.54) is 177 Å². The van der Waals surface area contributed by atoms with E-state index >= 15 is 0 Å². The van der Waals surface area contributed by atoms with Gasteiger partial charge in [-0.05, 0) is 314 Å². The predicted octanol–water partition coefficient (Wildman–Crippen LogP) is 21.1. The number of phenolic OH excluding ortho intramolecular Hbond substituents is 3. The first kappa shape index (κ1) is 101. The van der Waals surface area contributed by atoms with Crippen LogP contribution in [0.4, 0.5) is 5.82 Å². The van der Waals surface area contributed by atoms with Gasteiger partial charge in [0.2, 0.25) is 5.91 Å². The van der Waals surface area contributed by atoms with E-state index < -0.39 is 10.1 Å². The van der Waals surface area contributed by atoms with Crippen LogP contribution in [0.2, 0.25) is 0 Å². The number of carbonyl (C=O) groups excluding carboxylic acids is 6. The highest BCUT2D eigenvalue weighted by molar-refractivity contribution is 9.10. The average Bonchev–Trinajstić information content (AvgIpc) is 1.53. The number of hydrogen-bond acceptors (Lipinski definition) is 26. The van der Waals surface area contributed by atoms with Crippen molar-refractivity contribution in [3.8, 4) is 71.0 Å². The van der Waals surface area contributed by atoms with Crippen LogP contribution in [-0.2, 0) is 88.0 Å². The molecule has 3 saturated heterocycles. The first-order chi connectivity index (χ1) is 65.8. The third-order valence-corrected chi connectivity index (χ3v) is 34.3. The number of halogens is 1. The first-order valence-electron chi connectivity index (χ1n) is 48.7. The molecule has 0 spiro atoms. The first-order valence-corrected chi connectivity index (χ1v) is 54.7. The van der Waals surface area contributed by atoms with Crippen molar-refractivity contribution >= 4 is 129 Å². The Kier molecular flexibility index (Phi) is 36.5. The molecule has 0 radical (unpaired) electrons. The molecule has 4 aliphatic heterocycles. The van der Waals surface area contributed by atoms with Gasteiger partial charge < -0.3 is 45.2 Å². The number of fused-ring (bicyclic) bond motifs is 4. The Morgan fingerprint density at radius 1 is 0.412 bits per heavy atom. The molecular formula is C106H126BrN9O14S6. The maximum atomic E-state index is 12.2. The standard InChI is InChI=1S/C23H29N3O2S.C22H28N2OS.C16H23NO3S.C13H11NO2S.C13H13NOS.C7H7NOS.C6H7BrO2.C6H8O2/c1-16(27)26-13-5-6-21-22(26)24-23(29-21)17-7-9-19(10-8-17)28-20-14-18(15-20)25-11-3-2-4-12-25;1-4-12-24(13-5-1)17-14-19(15-17)25-18-10-8-16(9-11-18)22-23-20-6-2-3-7-21(20)26-22;1-13-5-7-16(8-6-13)21(18,19)20-15-11-14(12-15)17-9-3-2-4-10-17;15-9-3-1-8(2-4-9)13-14-11-7-10(16)5-6-12(11)17-13;15-10-7-5-9(6-8-10)13-14-11-3-1-2-4-12(11)16-13;8-7(10)5-1-3-6(9)4-2-5;7-5-2-1-4(8)3-6(5)9;7-5-2-1-3-6(8)4-5/h7-10,18,20H,2-6,11-15H2,1H3;8-11,17,19H,1-7,12-15H2;5-8,14-15H,2-4,9-12H2,1H3;1-4,15H,5-7H2;5-8,15H,1-4H2;1-4,9H,(H2,8,10);5H,1-3H2;1-4H2. The number of phenols is 3. The molecule has 8 heterocycles. The molecule has 5 saturated carbocycles. The van der Waals surface area contributed by atoms with Crippen LogP contribution < -0.4 is 20.1 Å². The van der Waals surface area contributed by atoms with E-state index in [-0.39, 0.29) is 75.0 Å². The van der Waals surface area contributed by atoms with Crippen molar-refractivity contribution in [2.24, 2.45) is 5.73 Å². The second kappa shape index (κ2) is 49.1. The number of aromatic nitrogens is 4. The number of hydrogen-bond donors (Lipinski definition) is 4. The molecule has 1 unspecified atom stereocenters. The van der Waals surface area contributed by atoms with Gasteiger partial charge in [-0.2, -0.15) is 8.42 Å². The van der Waals surface area contributed by atoms with Gasteiger partial charge in [-0.1, -0.05) is 65.1 Å². The molecule has 4 aromatic heterocycles. The summed E-state index contributed by atoms with van der Waals surface area (Å²) < 4.78 is 42.1. The highest BCUT2D eigenvalue weighted by Crippen LogP contribution is 2.42. The van der Waals surface area contributed by atoms with Crippen molar-refractivity contribution in [2.75, 3.05) is 50.7 Å². The highest BCUT2D eigenvalue weighted by atomic mass is 79.9. The van der Waals surface area contributed by atoms with E-state index in [4.69, 9.17) is 46.7 Å². The van der Waals surface area contributed by atoms with Gasteiger partial charge in [0.15, 0.2) is 5.78 Å². The Labute approximate surface area is 829 Å². The average molecular weight is 2020 g/mol. The second-order valence-corrected chi connectivity index (χ2v) is 44.8. The van der Waals surface area contributed by atoms with Crippen LogP contribution in [0.5, 0.6) is 28.7 Å². The van der Waals surface area contributed by atoms with Gasteiger partial charge in [0.1, 0.15) is 94.9 Å². The summed E-state index contributed by atoms with van der Waals surface area (Å²) in [6, 6.07) is 46.5. The number of alkyl halides is 1. The summed E-state index contributed by atoms with van der Waals surface area (Å²) in [4.78, 5) is 99.9. The third kappa shape index (κ3) is 28.8. The summed E-state index contributed by atoms with van der Waals surface area (Å²) in [6.45, 7) is 11.8. The summed E-state index contributed by atoms with van der Waals surface area (Å²) in [5, 5.41) is 31.5. The number of nitrogens with two attached hydrogens (primary N) is 1. The van der Waals surface area contributed by atoms with E-state index in [1.54, 1.807) is 114 Å². The summed E-state index contributed by atoms with van der Waals surface area (Å²) in [7, 11) is -3.61. The van der Waals surface area contributed by atoms with Crippen molar-refractivity contribution in [2.45, 2.75) is 285 Å². The SMILES string of the molecule is CC(=O)N1CCCc2sc(-c3ccc(OC4CC(N5CCCCC5)C4)cc3)nc21.Cc1ccc(S(=O)(=O)OC2CC(N3CCCCC3)C2)cc1.NC(=S)c1ccc(O)cc1.O=C1CCC(Br)C(=O)C1.O=C1CCCC(=O)C1.O=C1CCc2sc(-c3ccc(O)cc3)nc2C1.Oc1ccc(-c2nc3c(s2)CCCC3)cc1.c1cc(-c2nc3c(s2)CCCC3)ccc1OC1CC(N2CCCCC2)C1. The fourth-order valence-electron chi connectivity index (χ4n) is 18.8. The zero-order valence-corrected chi connectivity index (χ0v) is 84.4. The Balaban J connectivity index is 0.000000122. The van der Waals surface area contributed by atoms with E-state index in [0.29, 0.717) is 67.5 Å². The van der Waals surface area contributed by atoms with Crippen molar-refractivity contribution in [1.82, 2.24) is 34.6 Å². The number of rotatable bonds is 15. The minimum Gasteiger partial charge on any atom is -0.508 e. The van der Waals surface area contributed by atoms with Crippen LogP contribution in [-0.4, -0.2) is 185 Å². The number of likely N-dealkylation sites (tertiary alicyclic amines) is 3. The topological polar surface area (TPSA) is 315 Å². The maximum Gasteiger partial charge on any atom is 0.297 e. The Hall–Kier alpha value is -9.18. The fraction of sp³-hybridized carbons (Fsp3) is 0.481. The van der Waals surface area contributed by atoms with Crippen molar-refractivity contribution in [1.29, 1.82) is 0 Å². The number of amides is 1. The van der Waals surface area contributed by atoms with E-state index in [9.17, 15) is 47.4 Å². The summed E-state index contributed by atoms with van der Waals surface area (Å²) in [5.41, 5.74) is 15.1. The van der Waals surface area contributed by atoms with E-state index in [1.807, 2.05) is 47.4 Å². The molecule has 30 heteroatoms.